The van der Waals surface area contributed by atoms with Gasteiger partial charge in [0.25, 0.3) is 0 Å². The van der Waals surface area contributed by atoms with Crippen LogP contribution < -0.4 is 5.84 Å². The number of hydrazine groups is 1. The van der Waals surface area contributed by atoms with Gasteiger partial charge in [-0.1, -0.05) is 0 Å². The molecule has 0 aliphatic carbocycles. The fourth-order valence-electron chi connectivity index (χ4n) is 1.83. The molecular weight excluding hydrogens is 166 g/mol. The number of piperidine rings is 1. The first-order valence-electron chi connectivity index (χ1n) is 4.79. The van der Waals surface area contributed by atoms with E-state index >= 15 is 0 Å². The molecule has 1 aliphatic rings. The second-order valence-electron chi connectivity index (χ2n) is 3.98. The molecule has 0 saturated carbocycles. The molecule has 0 aromatic rings. The zero-order chi connectivity index (χ0) is 9.84. The minimum atomic E-state index is 0.0419. The Hall–Kier alpha value is -0.610. The lowest BCUT2D eigenvalue weighted by atomic mass is 9.95. The molecule has 0 aromatic heterocycles. The Labute approximate surface area is 79.6 Å². The smallest absolute Gasteiger partial charge is 0.236 e. The van der Waals surface area contributed by atoms with Crippen LogP contribution in [0.4, 0.5) is 0 Å². The fourth-order valence-corrected chi connectivity index (χ4v) is 1.83. The third-order valence-corrected chi connectivity index (χ3v) is 2.58. The fraction of sp³-hybridized carbons (Fsp3) is 0.889. The van der Waals surface area contributed by atoms with Crippen molar-refractivity contribution in [3.63, 3.8) is 0 Å². The molecule has 1 unspecified atom stereocenters. The molecule has 0 spiro atoms. The number of hydrogen-bond donors (Lipinski definition) is 1. The lowest BCUT2D eigenvalue weighted by Crippen LogP contribution is -2.38. The molecule has 2 N–H and O–H groups in total. The molecule has 76 valence electrons. The summed E-state index contributed by atoms with van der Waals surface area (Å²) in [5.74, 6) is 5.90. The maximum Gasteiger partial charge on any atom is 0.236 e. The molecule has 1 rings (SSSR count). The number of likely N-dealkylation sites (tertiary alicyclic amines) is 1. The summed E-state index contributed by atoms with van der Waals surface area (Å²) < 4.78 is 0. The van der Waals surface area contributed by atoms with Gasteiger partial charge in [0.1, 0.15) is 0 Å². The van der Waals surface area contributed by atoms with Crippen molar-refractivity contribution in [3.8, 4) is 0 Å². The highest BCUT2D eigenvalue weighted by Crippen LogP contribution is 2.18. The van der Waals surface area contributed by atoms with Gasteiger partial charge in [-0.3, -0.25) is 9.80 Å². The third kappa shape index (κ3) is 3.32. The Morgan fingerprint density at radius 1 is 1.69 bits per heavy atom. The maximum atomic E-state index is 11.3. The van der Waals surface area contributed by atoms with Crippen molar-refractivity contribution in [2.45, 2.75) is 19.3 Å². The highest BCUT2D eigenvalue weighted by Gasteiger charge is 2.20. The summed E-state index contributed by atoms with van der Waals surface area (Å²) in [6.07, 6.45) is 2.95. The van der Waals surface area contributed by atoms with Crippen molar-refractivity contribution in [2.75, 3.05) is 27.2 Å². The summed E-state index contributed by atoms with van der Waals surface area (Å²) in [5.41, 5.74) is 0. The highest BCUT2D eigenvalue weighted by atomic mass is 16.2. The van der Waals surface area contributed by atoms with E-state index < -0.39 is 0 Å². The van der Waals surface area contributed by atoms with Crippen molar-refractivity contribution in [3.05, 3.63) is 0 Å². The quantitative estimate of drug-likeness (QED) is 0.376. The van der Waals surface area contributed by atoms with Crippen LogP contribution >= 0.6 is 0 Å². The van der Waals surface area contributed by atoms with Gasteiger partial charge in [0, 0.05) is 20.0 Å². The molecule has 0 bridgehead atoms. The van der Waals surface area contributed by atoms with Crippen LogP contribution in [0.5, 0.6) is 0 Å². The molecule has 1 atom stereocenters. The maximum absolute atomic E-state index is 11.3. The predicted molar refractivity (Wildman–Crippen MR) is 51.8 cm³/mol. The summed E-state index contributed by atoms with van der Waals surface area (Å²) in [5, 5.41) is 1.19. The van der Waals surface area contributed by atoms with Crippen molar-refractivity contribution in [2.24, 2.45) is 11.8 Å². The van der Waals surface area contributed by atoms with E-state index in [4.69, 9.17) is 5.84 Å². The average Bonchev–Trinajstić information content (AvgIpc) is 2.04. The van der Waals surface area contributed by atoms with Crippen LogP contribution in [0.25, 0.3) is 0 Å². The van der Waals surface area contributed by atoms with Gasteiger partial charge in [-0.2, -0.15) is 0 Å². The summed E-state index contributed by atoms with van der Waals surface area (Å²) in [6.45, 7) is 2.18. The Kier molecular flexibility index (Phi) is 3.69. The number of nitrogens with two attached hydrogens (primary N) is 1. The van der Waals surface area contributed by atoms with Gasteiger partial charge in [0.15, 0.2) is 0 Å². The first kappa shape index (κ1) is 10.5. The molecular formula is C9H19N3O. The molecule has 1 amide bonds. The first-order chi connectivity index (χ1) is 6.09. The molecule has 4 nitrogen and oxygen atoms in total. The van der Waals surface area contributed by atoms with E-state index in [2.05, 4.69) is 11.9 Å². The second kappa shape index (κ2) is 4.58. The Morgan fingerprint density at radius 2 is 2.38 bits per heavy atom. The minimum absolute atomic E-state index is 0.0419. The number of amides is 1. The summed E-state index contributed by atoms with van der Waals surface area (Å²) in [4.78, 5) is 13.6. The van der Waals surface area contributed by atoms with E-state index in [0.29, 0.717) is 12.3 Å². The molecule has 1 heterocycles. The molecule has 1 aliphatic heterocycles. The van der Waals surface area contributed by atoms with Crippen molar-refractivity contribution in [1.82, 2.24) is 9.91 Å². The standard InChI is InChI=1S/C9H19N3O/c1-11-5-3-4-8(7-11)6-9(13)12(2)10/h8H,3-7,10H2,1-2H3. The Balaban J connectivity index is 2.31. The number of carbonyl (C=O) groups is 1. The molecule has 1 saturated heterocycles. The molecule has 0 radical (unpaired) electrons. The van der Waals surface area contributed by atoms with Crippen molar-refractivity contribution in [1.29, 1.82) is 0 Å². The van der Waals surface area contributed by atoms with Gasteiger partial charge in [-0.15, -0.1) is 0 Å². The summed E-state index contributed by atoms with van der Waals surface area (Å²) in [6, 6.07) is 0. The second-order valence-corrected chi connectivity index (χ2v) is 3.98. The molecule has 4 heteroatoms. The molecule has 13 heavy (non-hydrogen) atoms. The monoisotopic (exact) mass is 185 g/mol. The number of carbonyl (C=O) groups excluding carboxylic acids is 1. The number of rotatable bonds is 2. The number of hydrogen-bond acceptors (Lipinski definition) is 3. The normalized spacial score (nSPS) is 24.4. The minimum Gasteiger partial charge on any atom is -0.306 e. The number of nitrogens with zero attached hydrogens (tertiary/aromatic N) is 2. The van der Waals surface area contributed by atoms with Crippen LogP contribution in [0.3, 0.4) is 0 Å². The largest absolute Gasteiger partial charge is 0.306 e. The summed E-state index contributed by atoms with van der Waals surface area (Å²) >= 11 is 0. The van der Waals surface area contributed by atoms with E-state index in [9.17, 15) is 4.79 Å². The SMILES string of the molecule is CN1CCCC(CC(=O)N(C)N)C1. The van der Waals surface area contributed by atoms with Crippen LogP contribution in [-0.2, 0) is 4.79 Å². The zero-order valence-electron chi connectivity index (χ0n) is 8.49. The predicted octanol–water partition coefficient (Wildman–Crippen LogP) is 0.0504. The molecule has 0 aromatic carbocycles. The van der Waals surface area contributed by atoms with Gasteiger partial charge in [-0.25, -0.2) is 5.84 Å². The zero-order valence-corrected chi connectivity index (χ0v) is 8.49. The Bertz CT molecular complexity index is 182. The van der Waals surface area contributed by atoms with Gasteiger partial charge in [0.05, 0.1) is 0 Å². The Morgan fingerprint density at radius 3 is 2.92 bits per heavy atom. The van der Waals surface area contributed by atoms with Crippen molar-refractivity contribution >= 4 is 5.91 Å². The average molecular weight is 185 g/mol. The van der Waals surface area contributed by atoms with Crippen LogP contribution in [0.15, 0.2) is 0 Å². The highest BCUT2D eigenvalue weighted by molar-refractivity contribution is 5.75. The van der Waals surface area contributed by atoms with Crippen LogP contribution in [-0.4, -0.2) is 43.0 Å². The van der Waals surface area contributed by atoms with Crippen LogP contribution in [0.1, 0.15) is 19.3 Å². The van der Waals surface area contributed by atoms with E-state index in [1.54, 1.807) is 7.05 Å². The lowest BCUT2D eigenvalue weighted by Gasteiger charge is -2.29. The lowest BCUT2D eigenvalue weighted by molar-refractivity contribution is -0.131. The van der Waals surface area contributed by atoms with Crippen molar-refractivity contribution < 1.29 is 4.79 Å². The van der Waals surface area contributed by atoms with Gasteiger partial charge in [0.2, 0.25) is 5.91 Å². The van der Waals surface area contributed by atoms with Crippen LogP contribution in [0, 0.1) is 5.92 Å². The van der Waals surface area contributed by atoms with Crippen LogP contribution in [0.2, 0.25) is 0 Å². The van der Waals surface area contributed by atoms with Gasteiger partial charge < -0.3 is 4.90 Å². The van der Waals surface area contributed by atoms with E-state index in [1.165, 1.54) is 11.4 Å². The summed E-state index contributed by atoms with van der Waals surface area (Å²) in [7, 11) is 3.71. The van der Waals surface area contributed by atoms with E-state index in [1.807, 2.05) is 0 Å². The van der Waals surface area contributed by atoms with E-state index in [0.717, 1.165) is 19.5 Å². The first-order valence-corrected chi connectivity index (χ1v) is 4.79. The third-order valence-electron chi connectivity index (χ3n) is 2.58. The van der Waals surface area contributed by atoms with Gasteiger partial charge in [-0.05, 0) is 32.4 Å². The molecule has 1 fully saturated rings. The topological polar surface area (TPSA) is 49.6 Å². The van der Waals surface area contributed by atoms with Gasteiger partial charge >= 0.3 is 0 Å². The van der Waals surface area contributed by atoms with E-state index in [-0.39, 0.29) is 5.91 Å².